The van der Waals surface area contributed by atoms with E-state index < -0.39 is 11.7 Å². The molecular formula is C20H15F3N4O2. The molecule has 0 radical (unpaired) electrons. The summed E-state index contributed by atoms with van der Waals surface area (Å²) >= 11 is 0. The van der Waals surface area contributed by atoms with Crippen molar-refractivity contribution in [3.8, 4) is 0 Å². The Bertz CT molecular complexity index is 1090. The van der Waals surface area contributed by atoms with Crippen LogP contribution in [0.5, 0.6) is 0 Å². The molecule has 0 spiro atoms. The standard InChI is InChI=1S/C20H15F3N4O2/c1-11(6-18(28)15-4-5-24-10-25-15)19-9-17(27-29-19)16-8-12-7-13(20(21,22)23)2-3-14(12)26-16/h2-5,7,9-11H,6,8H2,1H3/t11-/m0/s1. The van der Waals surface area contributed by atoms with Gasteiger partial charge < -0.3 is 4.52 Å². The number of carbonyl (C=O) groups excluding carboxylic acids is 1. The van der Waals surface area contributed by atoms with Crippen LogP contribution in [0.15, 0.2) is 52.4 Å². The lowest BCUT2D eigenvalue weighted by Crippen LogP contribution is -2.07. The molecule has 0 N–H and O–H groups in total. The first kappa shape index (κ1) is 19.0. The van der Waals surface area contributed by atoms with Gasteiger partial charge in [-0.25, -0.2) is 9.97 Å². The number of hydrogen-bond donors (Lipinski definition) is 0. The molecular weight excluding hydrogens is 385 g/mol. The lowest BCUT2D eigenvalue weighted by atomic mass is 9.99. The highest BCUT2D eigenvalue weighted by Gasteiger charge is 2.32. The number of rotatable bonds is 5. The number of aromatic nitrogens is 3. The zero-order valence-electron chi connectivity index (χ0n) is 15.3. The van der Waals surface area contributed by atoms with Gasteiger partial charge >= 0.3 is 6.18 Å². The van der Waals surface area contributed by atoms with Crippen molar-refractivity contribution in [2.45, 2.75) is 31.9 Å². The Hall–Kier alpha value is -3.36. The van der Waals surface area contributed by atoms with Gasteiger partial charge in [0.05, 0.1) is 17.0 Å². The van der Waals surface area contributed by atoms with Crippen LogP contribution in [0.25, 0.3) is 0 Å². The van der Waals surface area contributed by atoms with Crippen molar-refractivity contribution in [1.29, 1.82) is 0 Å². The van der Waals surface area contributed by atoms with Crippen molar-refractivity contribution in [3.63, 3.8) is 0 Å². The van der Waals surface area contributed by atoms with E-state index in [4.69, 9.17) is 4.52 Å². The number of fused-ring (bicyclic) bond motifs is 1. The number of ketones is 1. The van der Waals surface area contributed by atoms with Crippen molar-refractivity contribution < 1.29 is 22.5 Å². The molecule has 0 saturated heterocycles. The molecule has 6 nitrogen and oxygen atoms in total. The molecule has 1 atom stereocenters. The molecule has 148 valence electrons. The summed E-state index contributed by atoms with van der Waals surface area (Å²) in [6.07, 6.45) is -1.18. The van der Waals surface area contributed by atoms with Crippen LogP contribution < -0.4 is 0 Å². The number of aliphatic imine (C=N–C) groups is 1. The highest BCUT2D eigenvalue weighted by molar-refractivity contribution is 6.05. The van der Waals surface area contributed by atoms with E-state index in [9.17, 15) is 18.0 Å². The van der Waals surface area contributed by atoms with Crippen LogP contribution in [0.3, 0.4) is 0 Å². The molecule has 0 unspecified atom stereocenters. The van der Waals surface area contributed by atoms with Crippen LogP contribution in [-0.4, -0.2) is 26.6 Å². The second-order valence-corrected chi connectivity index (χ2v) is 6.81. The predicted octanol–water partition coefficient (Wildman–Crippen LogP) is 4.54. The van der Waals surface area contributed by atoms with Gasteiger partial charge in [0.15, 0.2) is 5.78 Å². The summed E-state index contributed by atoms with van der Waals surface area (Å²) in [5.41, 5.74) is 1.58. The fraction of sp³-hybridized carbons (Fsp3) is 0.250. The molecule has 1 aliphatic rings. The molecule has 1 aromatic carbocycles. The Balaban J connectivity index is 1.47. The van der Waals surface area contributed by atoms with E-state index in [1.54, 1.807) is 12.1 Å². The summed E-state index contributed by atoms with van der Waals surface area (Å²) in [5, 5.41) is 3.99. The Morgan fingerprint density at radius 2 is 2.07 bits per heavy atom. The van der Waals surface area contributed by atoms with Crippen LogP contribution in [-0.2, 0) is 12.6 Å². The quantitative estimate of drug-likeness (QED) is 0.588. The van der Waals surface area contributed by atoms with Gasteiger partial charge in [-0.3, -0.25) is 9.79 Å². The van der Waals surface area contributed by atoms with Gasteiger partial charge in [0.1, 0.15) is 23.5 Å². The lowest BCUT2D eigenvalue weighted by Gasteiger charge is -2.07. The number of benzene rings is 1. The van der Waals surface area contributed by atoms with Crippen molar-refractivity contribution in [1.82, 2.24) is 15.1 Å². The Morgan fingerprint density at radius 3 is 2.79 bits per heavy atom. The van der Waals surface area contributed by atoms with Gasteiger partial charge in [0.25, 0.3) is 0 Å². The molecule has 3 heterocycles. The smallest absolute Gasteiger partial charge is 0.360 e. The summed E-state index contributed by atoms with van der Waals surface area (Å²) in [5.74, 6) is 0.0973. The van der Waals surface area contributed by atoms with E-state index in [2.05, 4.69) is 20.1 Å². The summed E-state index contributed by atoms with van der Waals surface area (Å²) < 4.78 is 44.0. The fourth-order valence-electron chi connectivity index (χ4n) is 3.12. The minimum absolute atomic E-state index is 0.150. The number of Topliss-reactive ketones (excluding diaryl/α,β-unsaturated/α-hetero) is 1. The minimum atomic E-state index is -4.40. The lowest BCUT2D eigenvalue weighted by molar-refractivity contribution is -0.137. The first-order chi connectivity index (χ1) is 13.8. The fourth-order valence-corrected chi connectivity index (χ4v) is 3.12. The summed E-state index contributed by atoms with van der Waals surface area (Å²) in [7, 11) is 0. The average Bonchev–Trinajstić information content (AvgIpc) is 3.34. The van der Waals surface area contributed by atoms with Crippen LogP contribution >= 0.6 is 0 Å². The van der Waals surface area contributed by atoms with E-state index in [-0.39, 0.29) is 24.5 Å². The Morgan fingerprint density at radius 1 is 1.24 bits per heavy atom. The normalized spacial score (nSPS) is 14.4. The third kappa shape index (κ3) is 3.94. The van der Waals surface area contributed by atoms with Gasteiger partial charge in [-0.15, -0.1) is 0 Å². The van der Waals surface area contributed by atoms with E-state index >= 15 is 0 Å². The molecule has 0 fully saturated rings. The zero-order chi connectivity index (χ0) is 20.6. The minimum Gasteiger partial charge on any atom is -0.360 e. The third-order valence-corrected chi connectivity index (χ3v) is 4.69. The molecule has 3 aromatic rings. The van der Waals surface area contributed by atoms with Gasteiger partial charge in [0, 0.05) is 31.0 Å². The number of hydrogen-bond acceptors (Lipinski definition) is 6. The molecule has 4 rings (SSSR count). The van der Waals surface area contributed by atoms with Gasteiger partial charge in [-0.1, -0.05) is 12.1 Å². The van der Waals surface area contributed by atoms with E-state index in [0.29, 0.717) is 34.1 Å². The van der Waals surface area contributed by atoms with Crippen LogP contribution in [0.1, 0.15) is 52.3 Å². The SMILES string of the molecule is C[C@@H](CC(=O)c1ccncn1)c1cc(C2=Nc3ccc(C(F)(F)F)cc3C2)no1. The number of nitrogens with zero attached hydrogens (tertiary/aromatic N) is 4. The van der Waals surface area contributed by atoms with Gasteiger partial charge in [-0.2, -0.15) is 13.2 Å². The molecule has 1 aliphatic heterocycles. The first-order valence-corrected chi connectivity index (χ1v) is 8.85. The van der Waals surface area contributed by atoms with Gasteiger partial charge in [-0.05, 0) is 29.8 Å². The Kier molecular flexibility index (Phi) is 4.73. The van der Waals surface area contributed by atoms with Crippen molar-refractivity contribution in [2.75, 3.05) is 0 Å². The van der Waals surface area contributed by atoms with E-state index in [1.165, 1.54) is 18.6 Å². The maximum absolute atomic E-state index is 12.9. The Labute approximate surface area is 163 Å². The predicted molar refractivity (Wildman–Crippen MR) is 97.2 cm³/mol. The highest BCUT2D eigenvalue weighted by atomic mass is 19.4. The molecule has 0 amide bonds. The molecule has 0 aliphatic carbocycles. The summed E-state index contributed by atoms with van der Waals surface area (Å²) in [6.45, 7) is 1.82. The van der Waals surface area contributed by atoms with Crippen molar-refractivity contribution >= 4 is 17.2 Å². The summed E-state index contributed by atoms with van der Waals surface area (Å²) in [4.78, 5) is 24.4. The largest absolute Gasteiger partial charge is 0.416 e. The average molecular weight is 400 g/mol. The molecule has 29 heavy (non-hydrogen) atoms. The maximum Gasteiger partial charge on any atom is 0.416 e. The third-order valence-electron chi connectivity index (χ3n) is 4.69. The number of alkyl halides is 3. The maximum atomic E-state index is 12.9. The van der Waals surface area contributed by atoms with Crippen LogP contribution in [0.4, 0.5) is 18.9 Å². The number of halogens is 3. The van der Waals surface area contributed by atoms with Crippen LogP contribution in [0, 0.1) is 0 Å². The molecule has 9 heteroatoms. The van der Waals surface area contributed by atoms with Crippen LogP contribution in [0.2, 0.25) is 0 Å². The van der Waals surface area contributed by atoms with Crippen molar-refractivity contribution in [3.05, 3.63) is 71.1 Å². The molecule has 2 aromatic heterocycles. The van der Waals surface area contributed by atoms with E-state index in [1.807, 2.05) is 6.92 Å². The number of carbonyl (C=O) groups is 1. The van der Waals surface area contributed by atoms with E-state index in [0.717, 1.165) is 12.1 Å². The highest BCUT2D eigenvalue weighted by Crippen LogP contribution is 2.36. The molecule has 0 saturated carbocycles. The zero-order valence-corrected chi connectivity index (χ0v) is 15.3. The second kappa shape index (κ2) is 7.23. The second-order valence-electron chi connectivity index (χ2n) is 6.81. The molecule has 0 bridgehead atoms. The first-order valence-electron chi connectivity index (χ1n) is 8.85. The summed E-state index contributed by atoms with van der Waals surface area (Å²) in [6, 6.07) is 6.69. The monoisotopic (exact) mass is 400 g/mol. The topological polar surface area (TPSA) is 81.2 Å². The van der Waals surface area contributed by atoms with Crippen molar-refractivity contribution in [2.24, 2.45) is 4.99 Å². The van der Waals surface area contributed by atoms with Gasteiger partial charge in [0.2, 0.25) is 0 Å².